The van der Waals surface area contributed by atoms with Crippen LogP contribution >= 0.6 is 11.6 Å². The first-order chi connectivity index (χ1) is 5.36. The predicted octanol–water partition coefficient (Wildman–Crippen LogP) is 2.35. The second-order valence-corrected chi connectivity index (χ2v) is 3.78. The summed E-state index contributed by atoms with van der Waals surface area (Å²) in [5.74, 6) is 1.73. The molecular formula is C9H18ClN. The van der Waals surface area contributed by atoms with E-state index in [4.69, 9.17) is 11.6 Å². The molecule has 2 heteroatoms. The Kier molecular flexibility index (Phi) is 4.24. The fourth-order valence-electron chi connectivity index (χ4n) is 1.81. The minimum absolute atomic E-state index is 0.788. The molecule has 1 nitrogen and oxygen atoms in total. The number of halogens is 1. The quantitative estimate of drug-likeness (QED) is 0.596. The van der Waals surface area contributed by atoms with E-state index < -0.39 is 0 Å². The van der Waals surface area contributed by atoms with Crippen LogP contribution in [0.15, 0.2) is 0 Å². The molecule has 0 aromatic carbocycles. The van der Waals surface area contributed by atoms with E-state index in [-0.39, 0.29) is 0 Å². The Morgan fingerprint density at radius 1 is 1.55 bits per heavy atom. The van der Waals surface area contributed by atoms with Crippen LogP contribution < -0.4 is 0 Å². The predicted molar refractivity (Wildman–Crippen MR) is 50.2 cm³/mol. The molecule has 0 bridgehead atoms. The molecule has 1 unspecified atom stereocenters. The lowest BCUT2D eigenvalue weighted by atomic mass is 9.96. The molecule has 1 aliphatic heterocycles. The van der Waals surface area contributed by atoms with Crippen LogP contribution in [0.3, 0.4) is 0 Å². The maximum atomic E-state index is 5.68. The normalized spacial score (nSPS) is 27.3. The molecule has 0 N–H and O–H groups in total. The number of piperidine rings is 1. The smallest absolute Gasteiger partial charge is 0.0351 e. The number of hydrogen-bond donors (Lipinski definition) is 0. The first kappa shape index (κ1) is 9.34. The van der Waals surface area contributed by atoms with E-state index in [9.17, 15) is 0 Å². The van der Waals surface area contributed by atoms with Crippen LogP contribution in [0.2, 0.25) is 0 Å². The number of nitrogens with zero attached hydrogens (tertiary/aromatic N) is 1. The summed E-state index contributed by atoms with van der Waals surface area (Å²) >= 11 is 5.68. The van der Waals surface area contributed by atoms with Gasteiger partial charge in [0.2, 0.25) is 0 Å². The molecule has 66 valence electrons. The zero-order valence-corrected chi connectivity index (χ0v) is 8.11. The van der Waals surface area contributed by atoms with Gasteiger partial charge in [-0.2, -0.15) is 0 Å². The van der Waals surface area contributed by atoms with Gasteiger partial charge in [0.05, 0.1) is 0 Å². The minimum atomic E-state index is 0.788. The Hall–Kier alpha value is 0.250. The third-order valence-electron chi connectivity index (χ3n) is 2.58. The Balaban J connectivity index is 2.21. The van der Waals surface area contributed by atoms with Gasteiger partial charge in [-0.05, 0) is 25.3 Å². The van der Waals surface area contributed by atoms with Gasteiger partial charge in [0.25, 0.3) is 0 Å². The molecular weight excluding hydrogens is 158 g/mol. The van der Waals surface area contributed by atoms with Crippen LogP contribution in [0.25, 0.3) is 0 Å². The van der Waals surface area contributed by atoms with E-state index in [0.29, 0.717) is 0 Å². The average molecular weight is 176 g/mol. The highest BCUT2D eigenvalue weighted by atomic mass is 35.5. The van der Waals surface area contributed by atoms with E-state index in [2.05, 4.69) is 11.8 Å². The van der Waals surface area contributed by atoms with Crippen LogP contribution in [-0.4, -0.2) is 30.4 Å². The summed E-state index contributed by atoms with van der Waals surface area (Å²) in [5, 5.41) is 0. The summed E-state index contributed by atoms with van der Waals surface area (Å²) in [4.78, 5) is 2.49. The van der Waals surface area contributed by atoms with Crippen molar-refractivity contribution in [2.75, 3.05) is 25.5 Å². The van der Waals surface area contributed by atoms with E-state index in [1.54, 1.807) is 0 Å². The Morgan fingerprint density at radius 2 is 2.36 bits per heavy atom. The van der Waals surface area contributed by atoms with Gasteiger partial charge in [0, 0.05) is 19.0 Å². The summed E-state index contributed by atoms with van der Waals surface area (Å²) < 4.78 is 0. The summed E-state index contributed by atoms with van der Waals surface area (Å²) in [6.45, 7) is 5.92. The van der Waals surface area contributed by atoms with E-state index in [0.717, 1.165) is 18.3 Å². The van der Waals surface area contributed by atoms with Crippen molar-refractivity contribution >= 4 is 11.6 Å². The molecule has 1 saturated heterocycles. The van der Waals surface area contributed by atoms with Crippen molar-refractivity contribution < 1.29 is 0 Å². The standard InChI is InChI=1S/C9H18ClN/c1-2-9-4-3-6-11(8-9)7-5-10/h9H,2-8H2,1H3. The first-order valence-corrected chi connectivity index (χ1v) is 5.18. The fraction of sp³-hybridized carbons (Fsp3) is 1.00. The number of alkyl halides is 1. The molecule has 0 aromatic heterocycles. The molecule has 11 heavy (non-hydrogen) atoms. The third kappa shape index (κ3) is 3.00. The van der Waals surface area contributed by atoms with Crippen LogP contribution in [-0.2, 0) is 0 Å². The Morgan fingerprint density at radius 3 is 3.00 bits per heavy atom. The van der Waals surface area contributed by atoms with Crippen molar-refractivity contribution in [3.63, 3.8) is 0 Å². The lowest BCUT2D eigenvalue weighted by Crippen LogP contribution is -2.36. The van der Waals surface area contributed by atoms with Gasteiger partial charge in [0.1, 0.15) is 0 Å². The molecule has 0 aromatic rings. The van der Waals surface area contributed by atoms with Crippen molar-refractivity contribution in [2.24, 2.45) is 5.92 Å². The molecule has 0 radical (unpaired) electrons. The molecule has 0 amide bonds. The van der Waals surface area contributed by atoms with Gasteiger partial charge in [-0.15, -0.1) is 11.6 Å². The van der Waals surface area contributed by atoms with Gasteiger partial charge < -0.3 is 4.90 Å². The molecule has 1 heterocycles. The molecule has 1 aliphatic rings. The van der Waals surface area contributed by atoms with Crippen LogP contribution in [0, 0.1) is 5.92 Å². The molecule has 1 fully saturated rings. The summed E-state index contributed by atoms with van der Waals surface area (Å²) in [7, 11) is 0. The average Bonchev–Trinajstić information content (AvgIpc) is 2.06. The molecule has 0 spiro atoms. The van der Waals surface area contributed by atoms with Gasteiger partial charge in [0.15, 0.2) is 0 Å². The second-order valence-electron chi connectivity index (χ2n) is 3.41. The van der Waals surface area contributed by atoms with Crippen LogP contribution in [0.4, 0.5) is 0 Å². The van der Waals surface area contributed by atoms with Crippen LogP contribution in [0.1, 0.15) is 26.2 Å². The maximum Gasteiger partial charge on any atom is 0.0351 e. The van der Waals surface area contributed by atoms with E-state index >= 15 is 0 Å². The van der Waals surface area contributed by atoms with Crippen molar-refractivity contribution in [2.45, 2.75) is 26.2 Å². The SMILES string of the molecule is CCC1CCCN(CCCl)C1. The van der Waals surface area contributed by atoms with Gasteiger partial charge in [-0.1, -0.05) is 13.3 Å². The topological polar surface area (TPSA) is 3.24 Å². The largest absolute Gasteiger partial charge is 0.302 e. The lowest BCUT2D eigenvalue weighted by Gasteiger charge is -2.31. The van der Waals surface area contributed by atoms with Crippen molar-refractivity contribution in [3.8, 4) is 0 Å². The van der Waals surface area contributed by atoms with Crippen molar-refractivity contribution in [1.82, 2.24) is 4.90 Å². The van der Waals surface area contributed by atoms with Gasteiger partial charge in [-0.25, -0.2) is 0 Å². The van der Waals surface area contributed by atoms with Gasteiger partial charge >= 0.3 is 0 Å². The highest BCUT2D eigenvalue weighted by molar-refractivity contribution is 6.18. The minimum Gasteiger partial charge on any atom is -0.302 e. The first-order valence-electron chi connectivity index (χ1n) is 4.65. The fourth-order valence-corrected chi connectivity index (χ4v) is 2.05. The molecule has 0 aliphatic carbocycles. The summed E-state index contributed by atoms with van der Waals surface area (Å²) in [5.41, 5.74) is 0. The van der Waals surface area contributed by atoms with Crippen molar-refractivity contribution in [1.29, 1.82) is 0 Å². The van der Waals surface area contributed by atoms with Gasteiger partial charge in [-0.3, -0.25) is 0 Å². The zero-order valence-electron chi connectivity index (χ0n) is 7.35. The van der Waals surface area contributed by atoms with Crippen LogP contribution in [0.5, 0.6) is 0 Å². The monoisotopic (exact) mass is 175 g/mol. The summed E-state index contributed by atoms with van der Waals surface area (Å²) in [6.07, 6.45) is 4.13. The maximum absolute atomic E-state index is 5.68. The lowest BCUT2D eigenvalue weighted by molar-refractivity contribution is 0.180. The second kappa shape index (κ2) is 5.00. The summed E-state index contributed by atoms with van der Waals surface area (Å²) in [6, 6.07) is 0. The van der Waals surface area contributed by atoms with Crippen molar-refractivity contribution in [3.05, 3.63) is 0 Å². The highest BCUT2D eigenvalue weighted by Crippen LogP contribution is 2.18. The molecule has 0 saturated carbocycles. The molecule has 1 rings (SSSR count). The third-order valence-corrected chi connectivity index (χ3v) is 2.75. The van der Waals surface area contributed by atoms with E-state index in [1.165, 1.54) is 32.4 Å². The Bertz CT molecular complexity index is 104. The number of likely N-dealkylation sites (tertiary alicyclic amines) is 1. The highest BCUT2D eigenvalue weighted by Gasteiger charge is 2.16. The molecule has 1 atom stereocenters. The number of rotatable bonds is 3. The zero-order chi connectivity index (χ0) is 8.10. The Labute approximate surface area is 74.7 Å². The van der Waals surface area contributed by atoms with E-state index in [1.807, 2.05) is 0 Å². The number of hydrogen-bond acceptors (Lipinski definition) is 1.